The molecule has 1 unspecified atom stereocenters. The fraction of sp³-hybridized carbons (Fsp3) is 0.519. The summed E-state index contributed by atoms with van der Waals surface area (Å²) in [6.45, 7) is 9.74. The molecule has 0 aromatic carbocycles. The average molecular weight is 574 g/mol. The highest BCUT2D eigenvalue weighted by Crippen LogP contribution is 2.42. The van der Waals surface area contributed by atoms with E-state index in [0.29, 0.717) is 62.3 Å². The molecule has 0 amide bonds. The molecule has 5 heterocycles. The maximum Gasteiger partial charge on any atom is 0.301 e. The lowest BCUT2D eigenvalue weighted by Crippen LogP contribution is -2.40. The van der Waals surface area contributed by atoms with Gasteiger partial charge in [0, 0.05) is 61.4 Å². The first kappa shape index (κ1) is 26.7. The number of allylic oxidation sites excluding steroid dienone is 3. The Balaban J connectivity index is 1.23. The van der Waals surface area contributed by atoms with Gasteiger partial charge in [-0.2, -0.15) is 0 Å². The van der Waals surface area contributed by atoms with Crippen molar-refractivity contribution in [2.75, 3.05) is 59.2 Å². The number of ether oxygens (including phenoxy) is 2. The Morgan fingerprint density at radius 3 is 2.46 bits per heavy atom. The Morgan fingerprint density at radius 2 is 1.74 bits per heavy atom. The van der Waals surface area contributed by atoms with Crippen LogP contribution >= 0.6 is 22.7 Å². The number of morpholine rings is 2. The molecule has 2 fully saturated rings. The SMILES string of the molecule is CC1(Cc2cnc(-c3nc4sc(CN5CCOCC5)cn4c(=O)c3O)s2)CC=C(F)C=C1CN1CCOCC1. The average Bonchev–Trinajstić information content (AvgIpc) is 3.56. The molecular formula is C27H32FN5O4S2. The fourth-order valence-electron chi connectivity index (χ4n) is 5.34. The number of hydrogen-bond donors (Lipinski definition) is 1. The first-order valence-electron chi connectivity index (χ1n) is 13.2. The number of halogens is 1. The number of rotatable bonds is 7. The van der Waals surface area contributed by atoms with E-state index >= 15 is 0 Å². The van der Waals surface area contributed by atoms with Crippen LogP contribution < -0.4 is 5.56 Å². The molecule has 2 saturated heterocycles. The van der Waals surface area contributed by atoms with Crippen molar-refractivity contribution in [3.8, 4) is 16.5 Å². The van der Waals surface area contributed by atoms with E-state index in [1.165, 1.54) is 27.1 Å². The second-order valence-corrected chi connectivity index (χ2v) is 12.8. The fourth-order valence-corrected chi connectivity index (χ4v) is 7.44. The molecule has 0 spiro atoms. The predicted octanol–water partition coefficient (Wildman–Crippen LogP) is 3.48. The highest BCUT2D eigenvalue weighted by molar-refractivity contribution is 7.17. The van der Waals surface area contributed by atoms with Crippen LogP contribution in [0.4, 0.5) is 4.39 Å². The Morgan fingerprint density at radius 1 is 1.05 bits per heavy atom. The molecule has 0 saturated carbocycles. The maximum atomic E-state index is 14.3. The molecule has 0 bridgehead atoms. The lowest BCUT2D eigenvalue weighted by molar-refractivity contribution is 0.0346. The highest BCUT2D eigenvalue weighted by atomic mass is 32.1. The summed E-state index contributed by atoms with van der Waals surface area (Å²) in [4.78, 5) is 29.3. The summed E-state index contributed by atoms with van der Waals surface area (Å²) in [7, 11) is 0. The van der Waals surface area contributed by atoms with Gasteiger partial charge in [-0.15, -0.1) is 11.3 Å². The molecule has 2 aliphatic heterocycles. The minimum atomic E-state index is -0.494. The van der Waals surface area contributed by atoms with Crippen LogP contribution in [0.15, 0.2) is 40.7 Å². The summed E-state index contributed by atoms with van der Waals surface area (Å²) in [6.07, 6.45) is 8.15. The summed E-state index contributed by atoms with van der Waals surface area (Å²) >= 11 is 2.87. The number of nitrogens with zero attached hydrogens (tertiary/aromatic N) is 5. The summed E-state index contributed by atoms with van der Waals surface area (Å²) in [5.74, 6) is -0.585. The van der Waals surface area contributed by atoms with Crippen LogP contribution in [0.3, 0.4) is 0 Å². The summed E-state index contributed by atoms with van der Waals surface area (Å²) in [5, 5.41) is 11.3. The molecule has 208 valence electrons. The smallest absolute Gasteiger partial charge is 0.301 e. The van der Waals surface area contributed by atoms with E-state index in [1.807, 2.05) is 0 Å². The normalized spacial score (nSPS) is 23.2. The van der Waals surface area contributed by atoms with E-state index in [9.17, 15) is 14.3 Å². The minimum absolute atomic E-state index is 0.187. The van der Waals surface area contributed by atoms with Gasteiger partial charge in [0.05, 0.1) is 26.4 Å². The van der Waals surface area contributed by atoms with Crippen LogP contribution in [0.1, 0.15) is 23.1 Å². The molecule has 3 aromatic heterocycles. The second-order valence-electron chi connectivity index (χ2n) is 10.6. The van der Waals surface area contributed by atoms with E-state index in [1.54, 1.807) is 24.5 Å². The van der Waals surface area contributed by atoms with E-state index in [2.05, 4.69) is 26.7 Å². The Bertz CT molecular complexity index is 1470. The van der Waals surface area contributed by atoms with Crippen LogP contribution in [0.25, 0.3) is 15.7 Å². The number of fused-ring (bicyclic) bond motifs is 1. The first-order valence-corrected chi connectivity index (χ1v) is 14.9. The van der Waals surface area contributed by atoms with Gasteiger partial charge >= 0.3 is 5.56 Å². The van der Waals surface area contributed by atoms with Crippen LogP contribution in [-0.4, -0.2) is 88.4 Å². The molecule has 1 aliphatic carbocycles. The van der Waals surface area contributed by atoms with Crippen molar-refractivity contribution in [3.63, 3.8) is 0 Å². The molecule has 3 aromatic rings. The highest BCUT2D eigenvalue weighted by Gasteiger charge is 2.33. The van der Waals surface area contributed by atoms with Gasteiger partial charge in [0.1, 0.15) is 16.5 Å². The molecule has 1 N–H and O–H groups in total. The van der Waals surface area contributed by atoms with Crippen molar-refractivity contribution in [3.05, 3.63) is 56.1 Å². The van der Waals surface area contributed by atoms with E-state index in [4.69, 9.17) is 9.47 Å². The monoisotopic (exact) mass is 573 g/mol. The van der Waals surface area contributed by atoms with Crippen molar-refractivity contribution in [2.45, 2.75) is 26.3 Å². The third-order valence-electron chi connectivity index (χ3n) is 7.69. The van der Waals surface area contributed by atoms with Crippen LogP contribution in [0, 0.1) is 5.41 Å². The molecule has 0 radical (unpaired) electrons. The van der Waals surface area contributed by atoms with Crippen molar-refractivity contribution >= 4 is 27.6 Å². The van der Waals surface area contributed by atoms with Gasteiger partial charge in [0.25, 0.3) is 0 Å². The molecule has 6 rings (SSSR count). The van der Waals surface area contributed by atoms with E-state index in [0.717, 1.165) is 41.5 Å². The Hall–Kier alpha value is -2.48. The van der Waals surface area contributed by atoms with Crippen molar-refractivity contribution in [2.24, 2.45) is 5.41 Å². The zero-order valence-corrected chi connectivity index (χ0v) is 23.5. The third kappa shape index (κ3) is 5.72. The largest absolute Gasteiger partial charge is 0.501 e. The van der Waals surface area contributed by atoms with Gasteiger partial charge in [0.2, 0.25) is 5.75 Å². The standard InChI is InChI=1S/C27H32FN5O4S2/c1-27(3-2-19(28)12-18(27)15-31-4-8-36-9-5-31)13-20-14-29-24(38-20)22-23(34)25(35)33-17-21(39-26(33)30-22)16-32-6-10-37-11-7-32/h2,12,14,17,34H,3-11,13,15-16H2,1H3. The molecule has 3 aliphatic rings. The zero-order valence-electron chi connectivity index (χ0n) is 21.9. The Labute approximate surface area is 233 Å². The quantitative estimate of drug-likeness (QED) is 0.460. The van der Waals surface area contributed by atoms with Gasteiger partial charge < -0.3 is 14.6 Å². The van der Waals surface area contributed by atoms with Crippen molar-refractivity contribution in [1.29, 1.82) is 0 Å². The summed E-state index contributed by atoms with van der Waals surface area (Å²) in [5.41, 5.74) is 0.511. The lowest BCUT2D eigenvalue weighted by atomic mass is 9.73. The molecule has 12 heteroatoms. The maximum absolute atomic E-state index is 14.3. The molecule has 9 nitrogen and oxygen atoms in total. The van der Waals surface area contributed by atoms with Crippen LogP contribution in [0.2, 0.25) is 0 Å². The Kier molecular flexibility index (Phi) is 7.66. The molecule has 39 heavy (non-hydrogen) atoms. The van der Waals surface area contributed by atoms with Gasteiger partial charge in [-0.05, 0) is 36.0 Å². The lowest BCUT2D eigenvalue weighted by Gasteiger charge is -2.37. The number of aromatic hydroxyl groups is 1. The van der Waals surface area contributed by atoms with Crippen LogP contribution in [0.5, 0.6) is 5.75 Å². The first-order chi connectivity index (χ1) is 18.9. The summed E-state index contributed by atoms with van der Waals surface area (Å²) in [6, 6.07) is 0. The van der Waals surface area contributed by atoms with Gasteiger partial charge in [-0.3, -0.25) is 19.0 Å². The minimum Gasteiger partial charge on any atom is -0.501 e. The number of hydrogen-bond acceptors (Lipinski definition) is 10. The molecule has 1 atom stereocenters. The van der Waals surface area contributed by atoms with Gasteiger partial charge in [-0.25, -0.2) is 14.4 Å². The summed E-state index contributed by atoms with van der Waals surface area (Å²) < 4.78 is 26.6. The number of thiazole rings is 2. The van der Waals surface area contributed by atoms with Crippen molar-refractivity contribution in [1.82, 2.24) is 24.2 Å². The predicted molar refractivity (Wildman–Crippen MR) is 149 cm³/mol. The zero-order chi connectivity index (χ0) is 27.0. The van der Waals surface area contributed by atoms with Gasteiger partial charge in [0.15, 0.2) is 4.96 Å². The van der Waals surface area contributed by atoms with Gasteiger partial charge in [-0.1, -0.05) is 18.3 Å². The van der Waals surface area contributed by atoms with E-state index in [-0.39, 0.29) is 16.9 Å². The number of aromatic nitrogens is 3. The third-order valence-corrected chi connectivity index (χ3v) is 9.66. The topological polar surface area (TPSA) is 92.4 Å². The van der Waals surface area contributed by atoms with E-state index < -0.39 is 11.3 Å². The molecular weight excluding hydrogens is 541 g/mol. The van der Waals surface area contributed by atoms with Crippen molar-refractivity contribution < 1.29 is 19.0 Å². The van der Waals surface area contributed by atoms with Crippen LogP contribution in [-0.2, 0) is 22.4 Å². The second kappa shape index (κ2) is 11.2.